The summed E-state index contributed by atoms with van der Waals surface area (Å²) in [5, 5.41) is 11.5. The summed E-state index contributed by atoms with van der Waals surface area (Å²) >= 11 is 0. The van der Waals surface area contributed by atoms with Crippen molar-refractivity contribution < 1.29 is 24.1 Å². The predicted molar refractivity (Wildman–Crippen MR) is 159 cm³/mol. The van der Waals surface area contributed by atoms with E-state index in [1.54, 1.807) is 13.2 Å². The molecule has 216 valence electrons. The Morgan fingerprint density at radius 2 is 1.71 bits per heavy atom. The number of nitrogens with one attached hydrogen (secondary N) is 1. The van der Waals surface area contributed by atoms with E-state index in [9.17, 15) is 9.90 Å². The maximum atomic E-state index is 11.5. The highest BCUT2D eigenvalue weighted by molar-refractivity contribution is 5.98. The van der Waals surface area contributed by atoms with Crippen LogP contribution >= 0.6 is 0 Å². The Bertz CT molecular complexity index is 1430. The number of fused-ring (bicyclic) bond motifs is 1. The standard InChI is InChI=1S/C32H38N4O5/c1-39-17-18-40-26-11-9-23(10-12-26)27-6-3-2-5-24(27)20-35-13-15-36(16-14-35)21-25(37)22-41-31-8-4-7-29-28(31)19-30(34-29)32(33)38/h2-12,19,25,34,37H,13-18,20-22H2,1H3,(H2,33,38). The number of aliphatic hydroxyl groups is 1. The number of aliphatic hydroxyl groups excluding tert-OH is 1. The summed E-state index contributed by atoms with van der Waals surface area (Å²) < 4.78 is 16.7. The number of nitrogens with zero attached hydrogens (tertiary/aromatic N) is 2. The number of aromatic nitrogens is 1. The van der Waals surface area contributed by atoms with Crippen molar-refractivity contribution in [2.75, 3.05) is 59.7 Å². The number of ether oxygens (including phenoxy) is 3. The number of methoxy groups -OCH3 is 1. The molecule has 5 rings (SSSR count). The molecule has 0 saturated carbocycles. The lowest BCUT2D eigenvalue weighted by Crippen LogP contribution is -2.48. The lowest BCUT2D eigenvalue weighted by Gasteiger charge is -2.35. The van der Waals surface area contributed by atoms with Crippen molar-refractivity contribution in [3.05, 3.63) is 84.1 Å². The topological polar surface area (TPSA) is 113 Å². The Morgan fingerprint density at radius 1 is 0.951 bits per heavy atom. The van der Waals surface area contributed by atoms with Crippen molar-refractivity contribution in [2.24, 2.45) is 5.73 Å². The highest BCUT2D eigenvalue weighted by Gasteiger charge is 2.21. The first kappa shape index (κ1) is 28.6. The van der Waals surface area contributed by atoms with E-state index in [1.165, 1.54) is 16.7 Å². The van der Waals surface area contributed by atoms with Crippen molar-refractivity contribution in [2.45, 2.75) is 12.6 Å². The molecule has 0 aliphatic carbocycles. The van der Waals surface area contributed by atoms with Gasteiger partial charge in [-0.1, -0.05) is 42.5 Å². The van der Waals surface area contributed by atoms with Crippen molar-refractivity contribution in [1.29, 1.82) is 0 Å². The van der Waals surface area contributed by atoms with Crippen LogP contribution in [0.2, 0.25) is 0 Å². The first-order valence-electron chi connectivity index (χ1n) is 14.0. The van der Waals surface area contributed by atoms with Crippen LogP contribution in [0.1, 0.15) is 16.1 Å². The average molecular weight is 559 g/mol. The first-order valence-corrected chi connectivity index (χ1v) is 14.0. The van der Waals surface area contributed by atoms with E-state index in [-0.39, 0.29) is 6.61 Å². The number of carbonyl (C=O) groups excluding carboxylic acids is 1. The number of hydrogen-bond acceptors (Lipinski definition) is 7. The van der Waals surface area contributed by atoms with Gasteiger partial charge in [0.15, 0.2) is 0 Å². The quantitative estimate of drug-likeness (QED) is 0.215. The minimum Gasteiger partial charge on any atom is -0.491 e. The van der Waals surface area contributed by atoms with Gasteiger partial charge in [-0.15, -0.1) is 0 Å². The summed E-state index contributed by atoms with van der Waals surface area (Å²) in [7, 11) is 1.67. The number of β-amino-alcohol motifs (C(OH)–C–C–N with tert-alkyl or cyclic N) is 1. The van der Waals surface area contributed by atoms with Crippen molar-refractivity contribution in [3.63, 3.8) is 0 Å². The fourth-order valence-corrected chi connectivity index (χ4v) is 5.21. The Labute approximate surface area is 240 Å². The molecule has 0 spiro atoms. The van der Waals surface area contributed by atoms with Gasteiger partial charge in [-0.3, -0.25) is 14.6 Å². The second-order valence-corrected chi connectivity index (χ2v) is 10.3. The van der Waals surface area contributed by atoms with Crippen LogP contribution in [0.3, 0.4) is 0 Å². The number of piperazine rings is 1. The zero-order chi connectivity index (χ0) is 28.6. The minimum atomic E-state index is -0.631. The number of primary amides is 1. The molecule has 1 unspecified atom stereocenters. The van der Waals surface area contributed by atoms with Crippen LogP contribution in [0.4, 0.5) is 0 Å². The van der Waals surface area contributed by atoms with Crippen molar-refractivity contribution >= 4 is 16.8 Å². The molecule has 41 heavy (non-hydrogen) atoms. The minimum absolute atomic E-state index is 0.167. The molecular weight excluding hydrogens is 520 g/mol. The van der Waals surface area contributed by atoms with Crippen LogP contribution in [-0.4, -0.2) is 91.6 Å². The van der Waals surface area contributed by atoms with Gasteiger partial charge in [0.05, 0.1) is 6.61 Å². The molecule has 1 saturated heterocycles. The van der Waals surface area contributed by atoms with Gasteiger partial charge < -0.3 is 30.0 Å². The molecule has 9 heteroatoms. The number of rotatable bonds is 13. The van der Waals surface area contributed by atoms with E-state index in [0.29, 0.717) is 31.2 Å². The molecule has 0 radical (unpaired) electrons. The Kier molecular flexibility index (Phi) is 9.53. The fraction of sp³-hybridized carbons (Fsp3) is 0.344. The third-order valence-corrected chi connectivity index (χ3v) is 7.39. The smallest absolute Gasteiger partial charge is 0.265 e. The summed E-state index contributed by atoms with van der Waals surface area (Å²) in [6, 6.07) is 24.0. The molecule has 0 bridgehead atoms. The number of benzene rings is 3. The summed E-state index contributed by atoms with van der Waals surface area (Å²) in [5.41, 5.74) is 10.2. The second-order valence-electron chi connectivity index (χ2n) is 10.3. The second kappa shape index (κ2) is 13.6. The number of hydrogen-bond donors (Lipinski definition) is 3. The number of H-pyrrole nitrogens is 1. The van der Waals surface area contributed by atoms with Gasteiger partial charge in [0.2, 0.25) is 0 Å². The number of amides is 1. The van der Waals surface area contributed by atoms with Gasteiger partial charge in [-0.25, -0.2) is 0 Å². The summed E-state index contributed by atoms with van der Waals surface area (Å²) in [6.07, 6.45) is -0.631. The van der Waals surface area contributed by atoms with E-state index in [4.69, 9.17) is 19.9 Å². The molecule has 1 aromatic heterocycles. The lowest BCUT2D eigenvalue weighted by atomic mass is 9.99. The number of aromatic amines is 1. The van der Waals surface area contributed by atoms with E-state index >= 15 is 0 Å². The number of carbonyl (C=O) groups is 1. The Morgan fingerprint density at radius 3 is 2.46 bits per heavy atom. The van der Waals surface area contributed by atoms with Gasteiger partial charge in [-0.2, -0.15) is 0 Å². The van der Waals surface area contributed by atoms with Gasteiger partial charge in [0.25, 0.3) is 5.91 Å². The third kappa shape index (κ3) is 7.45. The van der Waals surface area contributed by atoms with Crippen molar-refractivity contribution in [3.8, 4) is 22.6 Å². The maximum absolute atomic E-state index is 11.5. The van der Waals surface area contributed by atoms with E-state index in [2.05, 4.69) is 51.2 Å². The van der Waals surface area contributed by atoms with Crippen LogP contribution in [-0.2, 0) is 11.3 Å². The molecule has 1 aliphatic heterocycles. The number of nitrogens with two attached hydrogens (primary N) is 1. The zero-order valence-corrected chi connectivity index (χ0v) is 23.4. The van der Waals surface area contributed by atoms with Crippen LogP contribution in [0.5, 0.6) is 11.5 Å². The molecule has 9 nitrogen and oxygen atoms in total. The van der Waals surface area contributed by atoms with Crippen molar-refractivity contribution in [1.82, 2.24) is 14.8 Å². The Balaban J connectivity index is 1.10. The highest BCUT2D eigenvalue weighted by Crippen LogP contribution is 2.28. The van der Waals surface area contributed by atoms with Gasteiger partial charge >= 0.3 is 0 Å². The van der Waals surface area contributed by atoms with Crippen LogP contribution in [0.15, 0.2) is 72.8 Å². The molecule has 2 heterocycles. The van der Waals surface area contributed by atoms with Crippen LogP contribution in [0.25, 0.3) is 22.0 Å². The maximum Gasteiger partial charge on any atom is 0.265 e. The molecule has 4 aromatic rings. The fourth-order valence-electron chi connectivity index (χ4n) is 5.21. The Hall–Kier alpha value is -3.89. The van der Waals surface area contributed by atoms with Gasteiger partial charge in [0.1, 0.15) is 36.5 Å². The third-order valence-electron chi connectivity index (χ3n) is 7.39. The molecule has 3 aromatic carbocycles. The molecule has 4 N–H and O–H groups in total. The van der Waals surface area contributed by atoms with Gasteiger partial charge in [-0.05, 0) is 47.0 Å². The monoisotopic (exact) mass is 558 g/mol. The largest absolute Gasteiger partial charge is 0.491 e. The molecule has 1 aliphatic rings. The molecule has 1 amide bonds. The molecular formula is C32H38N4O5. The zero-order valence-electron chi connectivity index (χ0n) is 23.4. The first-order chi connectivity index (χ1) is 20.0. The summed E-state index contributed by atoms with van der Waals surface area (Å²) in [6.45, 7) is 6.28. The summed E-state index contributed by atoms with van der Waals surface area (Å²) in [5.74, 6) is 0.931. The highest BCUT2D eigenvalue weighted by atomic mass is 16.5. The summed E-state index contributed by atoms with van der Waals surface area (Å²) in [4.78, 5) is 19.3. The normalized spacial score (nSPS) is 15.2. The molecule has 1 fully saturated rings. The van der Waals surface area contributed by atoms with E-state index in [0.717, 1.165) is 49.4 Å². The van der Waals surface area contributed by atoms with E-state index < -0.39 is 12.0 Å². The SMILES string of the molecule is COCCOc1ccc(-c2ccccc2CN2CCN(CC(O)COc3cccc4[nH]c(C(N)=O)cc34)CC2)cc1. The van der Waals surface area contributed by atoms with E-state index in [1.807, 2.05) is 30.3 Å². The predicted octanol–water partition coefficient (Wildman–Crippen LogP) is 3.52. The van der Waals surface area contributed by atoms with Gasteiger partial charge in [0, 0.05) is 57.3 Å². The average Bonchev–Trinajstić information content (AvgIpc) is 3.44. The van der Waals surface area contributed by atoms with Crippen LogP contribution < -0.4 is 15.2 Å². The molecule has 1 atom stereocenters. The lowest BCUT2D eigenvalue weighted by molar-refractivity contribution is 0.0450. The van der Waals surface area contributed by atoms with Crippen LogP contribution in [0, 0.1) is 0 Å².